The third kappa shape index (κ3) is 4.85. The summed E-state index contributed by atoms with van der Waals surface area (Å²) >= 11 is 5.09. The van der Waals surface area contributed by atoms with Crippen molar-refractivity contribution in [3.05, 3.63) is 34.1 Å². The Morgan fingerprint density at radius 1 is 1.50 bits per heavy atom. The Hall–Kier alpha value is -0.0600. The number of hydrogen-bond acceptors (Lipinski definition) is 2. The largest absolute Gasteiger partial charge is 0.312 e. The van der Waals surface area contributed by atoms with E-state index < -0.39 is 0 Å². The molecule has 0 saturated carbocycles. The summed E-state index contributed by atoms with van der Waals surface area (Å²) in [5.41, 5.74) is 0.722. The molecule has 4 heteroatoms. The van der Waals surface area contributed by atoms with Gasteiger partial charge in [0.05, 0.1) is 0 Å². The van der Waals surface area contributed by atoms with E-state index >= 15 is 0 Å². The molecule has 1 atom stereocenters. The van der Waals surface area contributed by atoms with Gasteiger partial charge in [-0.2, -0.15) is 11.8 Å². The fraction of sp³-hybridized carbons (Fsp3) is 0.500. The quantitative estimate of drug-likeness (QED) is 0.860. The van der Waals surface area contributed by atoms with E-state index in [1.165, 1.54) is 6.07 Å². The average Bonchev–Trinajstić information content (AvgIpc) is 2.22. The number of halogens is 2. The number of benzene rings is 1. The van der Waals surface area contributed by atoms with Gasteiger partial charge in [0, 0.05) is 16.6 Å². The molecule has 1 N–H and O–H groups in total. The van der Waals surface area contributed by atoms with Gasteiger partial charge >= 0.3 is 0 Å². The molecular weight excluding hydrogens is 289 g/mol. The fourth-order valence-electron chi connectivity index (χ4n) is 1.46. The van der Waals surface area contributed by atoms with Crippen LogP contribution in [-0.4, -0.2) is 18.6 Å². The Labute approximate surface area is 109 Å². The minimum absolute atomic E-state index is 0.153. The molecule has 0 heterocycles. The van der Waals surface area contributed by atoms with Crippen molar-refractivity contribution in [3.63, 3.8) is 0 Å². The molecule has 1 aromatic carbocycles. The lowest BCUT2D eigenvalue weighted by molar-refractivity contribution is 0.539. The van der Waals surface area contributed by atoms with Crippen LogP contribution in [0.3, 0.4) is 0 Å². The molecule has 0 amide bonds. The highest BCUT2D eigenvalue weighted by molar-refractivity contribution is 9.10. The van der Waals surface area contributed by atoms with E-state index in [1.54, 1.807) is 0 Å². The lowest BCUT2D eigenvalue weighted by atomic mass is 10.2. The minimum Gasteiger partial charge on any atom is -0.312 e. The third-order valence-electron chi connectivity index (χ3n) is 2.27. The molecule has 0 radical (unpaired) electrons. The normalized spacial score (nSPS) is 12.8. The molecule has 16 heavy (non-hydrogen) atoms. The van der Waals surface area contributed by atoms with Crippen molar-refractivity contribution in [2.45, 2.75) is 13.5 Å². The summed E-state index contributed by atoms with van der Waals surface area (Å²) in [6.07, 6.45) is 2.10. The summed E-state index contributed by atoms with van der Waals surface area (Å²) in [6.45, 7) is 3.72. The molecule has 0 aromatic heterocycles. The summed E-state index contributed by atoms with van der Waals surface area (Å²) in [4.78, 5) is 0. The van der Waals surface area contributed by atoms with Crippen molar-refractivity contribution < 1.29 is 4.39 Å². The van der Waals surface area contributed by atoms with E-state index in [1.807, 2.05) is 23.9 Å². The summed E-state index contributed by atoms with van der Waals surface area (Å²) in [5.74, 6) is 1.60. The van der Waals surface area contributed by atoms with Crippen LogP contribution in [-0.2, 0) is 6.54 Å². The molecule has 1 rings (SSSR count). The van der Waals surface area contributed by atoms with Crippen LogP contribution >= 0.6 is 27.7 Å². The Bertz CT molecular complexity index is 333. The van der Waals surface area contributed by atoms with Gasteiger partial charge in [-0.1, -0.05) is 28.9 Å². The topological polar surface area (TPSA) is 12.0 Å². The Morgan fingerprint density at radius 3 is 2.88 bits per heavy atom. The van der Waals surface area contributed by atoms with Crippen molar-refractivity contribution in [2.75, 3.05) is 18.6 Å². The molecule has 0 aliphatic rings. The van der Waals surface area contributed by atoms with Crippen molar-refractivity contribution in [1.82, 2.24) is 5.32 Å². The molecule has 0 fully saturated rings. The average molecular weight is 306 g/mol. The van der Waals surface area contributed by atoms with Crippen LogP contribution in [0.25, 0.3) is 0 Å². The Kier molecular flexibility index (Phi) is 6.39. The van der Waals surface area contributed by atoms with Gasteiger partial charge in [-0.15, -0.1) is 0 Å². The van der Waals surface area contributed by atoms with Crippen LogP contribution in [0, 0.1) is 11.7 Å². The third-order valence-corrected chi connectivity index (χ3v) is 3.67. The molecule has 0 aliphatic heterocycles. The van der Waals surface area contributed by atoms with Gasteiger partial charge in [-0.3, -0.25) is 0 Å². The maximum Gasteiger partial charge on any atom is 0.128 e. The standard InChI is InChI=1S/C12H17BrFNS/c1-9(8-16-2)6-15-7-10-3-4-11(13)5-12(10)14/h3-5,9,15H,6-8H2,1-2H3. The molecule has 90 valence electrons. The van der Waals surface area contributed by atoms with Crippen molar-refractivity contribution >= 4 is 27.7 Å². The van der Waals surface area contributed by atoms with Gasteiger partial charge in [0.25, 0.3) is 0 Å². The molecule has 0 aliphatic carbocycles. The van der Waals surface area contributed by atoms with Crippen LogP contribution in [0.4, 0.5) is 4.39 Å². The maximum absolute atomic E-state index is 13.4. The first-order valence-corrected chi connectivity index (χ1v) is 7.45. The lowest BCUT2D eigenvalue weighted by Gasteiger charge is -2.11. The van der Waals surface area contributed by atoms with Gasteiger partial charge in [0.1, 0.15) is 5.82 Å². The first-order chi connectivity index (χ1) is 7.63. The van der Waals surface area contributed by atoms with Gasteiger partial charge in [0.15, 0.2) is 0 Å². The molecular formula is C12H17BrFNS. The van der Waals surface area contributed by atoms with E-state index in [9.17, 15) is 4.39 Å². The van der Waals surface area contributed by atoms with Gasteiger partial charge < -0.3 is 5.32 Å². The highest BCUT2D eigenvalue weighted by Gasteiger charge is 2.04. The number of rotatable bonds is 6. The molecule has 1 aromatic rings. The van der Waals surface area contributed by atoms with Gasteiger partial charge in [-0.25, -0.2) is 4.39 Å². The maximum atomic E-state index is 13.4. The Balaban J connectivity index is 2.37. The van der Waals surface area contributed by atoms with Crippen LogP contribution < -0.4 is 5.32 Å². The monoisotopic (exact) mass is 305 g/mol. The predicted molar refractivity (Wildman–Crippen MR) is 73.4 cm³/mol. The van der Waals surface area contributed by atoms with Crippen LogP contribution in [0.5, 0.6) is 0 Å². The Morgan fingerprint density at radius 2 is 2.25 bits per heavy atom. The smallest absolute Gasteiger partial charge is 0.128 e. The van der Waals surface area contributed by atoms with Gasteiger partial charge in [0.2, 0.25) is 0 Å². The molecule has 0 bridgehead atoms. The highest BCUT2D eigenvalue weighted by Crippen LogP contribution is 2.15. The molecule has 1 nitrogen and oxygen atoms in total. The zero-order valence-electron chi connectivity index (χ0n) is 9.59. The second-order valence-corrected chi connectivity index (χ2v) is 5.75. The van der Waals surface area contributed by atoms with E-state index in [-0.39, 0.29) is 5.82 Å². The van der Waals surface area contributed by atoms with Crippen molar-refractivity contribution in [3.8, 4) is 0 Å². The lowest BCUT2D eigenvalue weighted by Crippen LogP contribution is -2.22. The van der Waals surface area contributed by atoms with Crippen LogP contribution in [0.1, 0.15) is 12.5 Å². The zero-order chi connectivity index (χ0) is 12.0. The predicted octanol–water partition coefficient (Wildman–Crippen LogP) is 3.68. The number of hydrogen-bond donors (Lipinski definition) is 1. The van der Waals surface area contributed by atoms with Crippen LogP contribution in [0.15, 0.2) is 22.7 Å². The molecule has 0 saturated heterocycles. The first kappa shape index (κ1) is 14.0. The fourth-order valence-corrected chi connectivity index (χ4v) is 2.48. The first-order valence-electron chi connectivity index (χ1n) is 5.27. The highest BCUT2D eigenvalue weighted by atomic mass is 79.9. The zero-order valence-corrected chi connectivity index (χ0v) is 12.0. The second kappa shape index (κ2) is 7.30. The number of thioether (sulfide) groups is 1. The van der Waals surface area contributed by atoms with E-state index in [2.05, 4.69) is 34.4 Å². The van der Waals surface area contributed by atoms with E-state index in [4.69, 9.17) is 0 Å². The van der Waals surface area contributed by atoms with E-state index in [0.717, 1.165) is 22.3 Å². The van der Waals surface area contributed by atoms with Crippen molar-refractivity contribution in [2.24, 2.45) is 5.92 Å². The number of nitrogens with one attached hydrogen (secondary N) is 1. The van der Waals surface area contributed by atoms with Crippen LogP contribution in [0.2, 0.25) is 0 Å². The second-order valence-electron chi connectivity index (χ2n) is 3.93. The van der Waals surface area contributed by atoms with E-state index in [0.29, 0.717) is 12.5 Å². The molecule has 1 unspecified atom stereocenters. The minimum atomic E-state index is -0.153. The summed E-state index contributed by atoms with van der Waals surface area (Å²) in [7, 11) is 0. The summed E-state index contributed by atoms with van der Waals surface area (Å²) < 4.78 is 14.2. The summed E-state index contributed by atoms with van der Waals surface area (Å²) in [5, 5.41) is 3.28. The SMILES string of the molecule is CSCC(C)CNCc1ccc(Br)cc1F. The van der Waals surface area contributed by atoms with Crippen molar-refractivity contribution in [1.29, 1.82) is 0 Å². The summed E-state index contributed by atoms with van der Waals surface area (Å²) in [6, 6.07) is 5.18. The molecule has 0 spiro atoms. The van der Waals surface area contributed by atoms with Gasteiger partial charge in [-0.05, 0) is 36.6 Å².